The van der Waals surface area contributed by atoms with E-state index in [1.165, 1.54) is 0 Å². The molecule has 1 aromatic heterocycles. The molecule has 6 nitrogen and oxygen atoms in total. The van der Waals surface area contributed by atoms with Crippen molar-refractivity contribution in [3.8, 4) is 0 Å². The minimum absolute atomic E-state index is 0.0323. The summed E-state index contributed by atoms with van der Waals surface area (Å²) in [5, 5.41) is 5.89. The summed E-state index contributed by atoms with van der Waals surface area (Å²) in [5.41, 5.74) is 0.893. The van der Waals surface area contributed by atoms with Gasteiger partial charge in [0.1, 0.15) is 6.61 Å². The van der Waals surface area contributed by atoms with Crippen LogP contribution in [-0.2, 0) is 20.9 Å². The molecule has 0 aromatic carbocycles. The summed E-state index contributed by atoms with van der Waals surface area (Å²) in [6.07, 6.45) is 2.52. The van der Waals surface area contributed by atoms with E-state index in [2.05, 4.69) is 10.3 Å². The van der Waals surface area contributed by atoms with Crippen molar-refractivity contribution in [2.24, 2.45) is 0 Å². The molecule has 1 atom stereocenters. The highest BCUT2D eigenvalue weighted by Crippen LogP contribution is 2.29. The Morgan fingerprint density at radius 3 is 3.04 bits per heavy atom. The molecule has 0 saturated carbocycles. The zero-order valence-electron chi connectivity index (χ0n) is 13.8. The highest BCUT2D eigenvalue weighted by molar-refractivity contribution is 7.09. The Kier molecular flexibility index (Phi) is 6.98. The van der Waals surface area contributed by atoms with Crippen LogP contribution in [0.2, 0.25) is 0 Å². The fraction of sp³-hybridized carbons (Fsp3) is 0.688. The van der Waals surface area contributed by atoms with E-state index < -0.39 is 0 Å². The molecular formula is C16H25N3O3S. The van der Waals surface area contributed by atoms with Crippen molar-refractivity contribution >= 4 is 23.2 Å². The number of rotatable bonds is 7. The molecule has 128 valence electrons. The molecule has 23 heavy (non-hydrogen) atoms. The third kappa shape index (κ3) is 5.28. The summed E-state index contributed by atoms with van der Waals surface area (Å²) in [4.78, 5) is 29.9. The first-order valence-corrected chi connectivity index (χ1v) is 9.08. The van der Waals surface area contributed by atoms with Gasteiger partial charge in [-0.3, -0.25) is 9.59 Å². The number of hydrogen-bond acceptors (Lipinski definition) is 5. The maximum absolute atomic E-state index is 12.1. The lowest BCUT2D eigenvalue weighted by Gasteiger charge is -2.31. The van der Waals surface area contributed by atoms with Crippen LogP contribution in [0.15, 0.2) is 5.38 Å². The number of thiazole rings is 1. The normalized spacial score (nSPS) is 18.0. The molecule has 0 aliphatic carbocycles. The lowest BCUT2D eigenvalue weighted by atomic mass is 9.98. The van der Waals surface area contributed by atoms with E-state index >= 15 is 0 Å². The molecule has 0 bridgehead atoms. The summed E-state index contributed by atoms with van der Waals surface area (Å²) < 4.78 is 5.21. The number of nitrogens with one attached hydrogen (secondary N) is 1. The lowest BCUT2D eigenvalue weighted by molar-refractivity contribution is -0.137. The molecule has 1 N–H and O–H groups in total. The zero-order chi connectivity index (χ0) is 16.7. The van der Waals surface area contributed by atoms with Crippen molar-refractivity contribution in [3.63, 3.8) is 0 Å². The number of ether oxygens (including phenoxy) is 1. The van der Waals surface area contributed by atoms with Gasteiger partial charge in [0.15, 0.2) is 0 Å². The Balaban J connectivity index is 1.89. The number of aromatic nitrogens is 1. The first-order valence-electron chi connectivity index (χ1n) is 8.20. The van der Waals surface area contributed by atoms with Crippen LogP contribution >= 0.6 is 11.3 Å². The van der Waals surface area contributed by atoms with E-state index in [9.17, 15) is 9.59 Å². The molecule has 1 saturated heterocycles. The average molecular weight is 339 g/mol. The minimum Gasteiger partial charge on any atom is -0.372 e. The van der Waals surface area contributed by atoms with E-state index in [1.807, 2.05) is 24.1 Å². The molecule has 0 unspecified atom stereocenters. The molecule has 1 fully saturated rings. The van der Waals surface area contributed by atoms with Crippen LogP contribution in [0, 0.1) is 0 Å². The first kappa shape index (κ1) is 17.9. The predicted octanol–water partition coefficient (Wildman–Crippen LogP) is 1.91. The van der Waals surface area contributed by atoms with Crippen molar-refractivity contribution < 1.29 is 14.3 Å². The van der Waals surface area contributed by atoms with Gasteiger partial charge in [0.05, 0.1) is 17.2 Å². The first-order chi connectivity index (χ1) is 11.1. The molecular weight excluding hydrogens is 314 g/mol. The Morgan fingerprint density at radius 2 is 2.30 bits per heavy atom. The maximum atomic E-state index is 12.1. The fourth-order valence-corrected chi connectivity index (χ4v) is 3.54. The molecule has 7 heteroatoms. The van der Waals surface area contributed by atoms with Crippen LogP contribution in [-0.4, -0.2) is 48.0 Å². The van der Waals surface area contributed by atoms with E-state index in [4.69, 9.17) is 4.74 Å². The van der Waals surface area contributed by atoms with Gasteiger partial charge in [-0.2, -0.15) is 0 Å². The Labute approximate surface area is 141 Å². The minimum atomic E-state index is 0.0323. The van der Waals surface area contributed by atoms with Gasteiger partial charge in [-0.25, -0.2) is 4.98 Å². The number of piperidine rings is 1. The standard InChI is InChI=1S/C16H25N3O3S/c1-3-14(20)17-8-13-11-23-16(18-13)12-6-5-7-19(9-12)15(21)10-22-4-2/h11-12H,3-10H2,1-2H3,(H,17,20)/t12-/m1/s1. The Bertz CT molecular complexity index is 532. The zero-order valence-corrected chi connectivity index (χ0v) is 14.7. The average Bonchev–Trinajstić information content (AvgIpc) is 3.06. The third-order valence-corrected chi connectivity index (χ3v) is 4.97. The lowest BCUT2D eigenvalue weighted by Crippen LogP contribution is -2.41. The number of likely N-dealkylation sites (tertiary alicyclic amines) is 1. The molecule has 0 radical (unpaired) electrons. The van der Waals surface area contributed by atoms with Gasteiger partial charge in [-0.15, -0.1) is 11.3 Å². The fourth-order valence-electron chi connectivity index (χ4n) is 2.59. The van der Waals surface area contributed by atoms with Gasteiger partial charge in [0.25, 0.3) is 0 Å². The van der Waals surface area contributed by atoms with Crippen LogP contribution in [0.25, 0.3) is 0 Å². The van der Waals surface area contributed by atoms with Crippen LogP contribution in [0.3, 0.4) is 0 Å². The molecule has 1 aliphatic rings. The van der Waals surface area contributed by atoms with E-state index in [-0.39, 0.29) is 24.3 Å². The van der Waals surface area contributed by atoms with Crippen molar-refractivity contribution in [1.82, 2.24) is 15.2 Å². The molecule has 2 heterocycles. The van der Waals surface area contributed by atoms with E-state index in [0.717, 1.165) is 30.1 Å². The number of amides is 2. The quantitative estimate of drug-likeness (QED) is 0.824. The molecule has 1 aliphatic heterocycles. The number of carbonyl (C=O) groups excluding carboxylic acids is 2. The maximum Gasteiger partial charge on any atom is 0.248 e. The number of carbonyl (C=O) groups is 2. The highest BCUT2D eigenvalue weighted by atomic mass is 32.1. The second kappa shape index (κ2) is 8.98. The van der Waals surface area contributed by atoms with E-state index in [0.29, 0.717) is 26.1 Å². The second-order valence-electron chi connectivity index (χ2n) is 5.62. The van der Waals surface area contributed by atoms with Crippen molar-refractivity contribution in [2.45, 2.75) is 45.6 Å². The summed E-state index contributed by atoms with van der Waals surface area (Å²) in [7, 11) is 0. The van der Waals surface area contributed by atoms with E-state index in [1.54, 1.807) is 11.3 Å². The molecule has 2 rings (SSSR count). The van der Waals surface area contributed by atoms with Crippen LogP contribution < -0.4 is 5.32 Å². The summed E-state index contributed by atoms with van der Waals surface area (Å²) >= 11 is 1.62. The topological polar surface area (TPSA) is 71.5 Å². The van der Waals surface area contributed by atoms with Crippen molar-refractivity contribution in [3.05, 3.63) is 16.1 Å². The number of hydrogen-bond donors (Lipinski definition) is 1. The van der Waals surface area contributed by atoms with Gasteiger partial charge in [-0.1, -0.05) is 6.92 Å². The van der Waals surface area contributed by atoms with Crippen molar-refractivity contribution in [1.29, 1.82) is 0 Å². The van der Waals surface area contributed by atoms with Gasteiger partial charge in [0.2, 0.25) is 11.8 Å². The van der Waals surface area contributed by atoms with Crippen molar-refractivity contribution in [2.75, 3.05) is 26.3 Å². The summed E-state index contributed by atoms with van der Waals surface area (Å²) in [6.45, 7) is 6.42. The van der Waals surface area contributed by atoms with Crippen LogP contribution in [0.4, 0.5) is 0 Å². The summed E-state index contributed by atoms with van der Waals surface area (Å²) in [6, 6.07) is 0. The highest BCUT2D eigenvalue weighted by Gasteiger charge is 2.26. The number of nitrogens with zero attached hydrogens (tertiary/aromatic N) is 2. The second-order valence-corrected chi connectivity index (χ2v) is 6.51. The predicted molar refractivity (Wildman–Crippen MR) is 89.3 cm³/mol. The SMILES string of the molecule is CCOCC(=O)N1CCC[C@@H](c2nc(CNC(=O)CC)cs2)C1. The molecule has 2 amide bonds. The Morgan fingerprint density at radius 1 is 1.48 bits per heavy atom. The van der Waals surface area contributed by atoms with Gasteiger partial charge in [0, 0.05) is 37.4 Å². The molecule has 1 aromatic rings. The smallest absolute Gasteiger partial charge is 0.248 e. The van der Waals surface area contributed by atoms with Gasteiger partial charge < -0.3 is 15.0 Å². The van der Waals surface area contributed by atoms with Crippen LogP contribution in [0.5, 0.6) is 0 Å². The van der Waals surface area contributed by atoms with Gasteiger partial charge in [-0.05, 0) is 19.8 Å². The monoisotopic (exact) mass is 339 g/mol. The van der Waals surface area contributed by atoms with Gasteiger partial charge >= 0.3 is 0 Å². The summed E-state index contributed by atoms with van der Waals surface area (Å²) in [5.74, 6) is 0.378. The van der Waals surface area contributed by atoms with Crippen LogP contribution in [0.1, 0.15) is 49.7 Å². The third-order valence-electron chi connectivity index (χ3n) is 3.91. The largest absolute Gasteiger partial charge is 0.372 e. The molecule has 0 spiro atoms. The Hall–Kier alpha value is -1.47.